The zero-order valence-electron chi connectivity index (χ0n) is 17.0. The van der Waals surface area contributed by atoms with E-state index in [1.54, 1.807) is 0 Å². The summed E-state index contributed by atoms with van der Waals surface area (Å²) in [6, 6.07) is 11.3. The third kappa shape index (κ3) is 4.28. The molecule has 28 heavy (non-hydrogen) atoms. The Morgan fingerprint density at radius 2 is 1.79 bits per heavy atom. The van der Waals surface area contributed by atoms with Crippen LogP contribution >= 0.6 is 0 Å². The minimum absolute atomic E-state index is 0.170. The van der Waals surface area contributed by atoms with Gasteiger partial charge >= 0.3 is 0 Å². The molecule has 2 aromatic rings. The highest BCUT2D eigenvalue weighted by Gasteiger charge is 2.29. The highest BCUT2D eigenvalue weighted by atomic mass is 16.3. The number of anilines is 2. The van der Waals surface area contributed by atoms with Gasteiger partial charge in [0, 0.05) is 32.4 Å². The topological polar surface area (TPSA) is 55.7 Å². The van der Waals surface area contributed by atoms with Crippen LogP contribution in [0.3, 0.4) is 0 Å². The molecule has 1 aromatic carbocycles. The number of hydrogen-bond acceptors (Lipinski definition) is 6. The van der Waals surface area contributed by atoms with Crippen LogP contribution in [0.4, 0.5) is 11.8 Å². The van der Waals surface area contributed by atoms with Crippen molar-refractivity contribution < 1.29 is 5.11 Å². The van der Waals surface area contributed by atoms with Crippen LogP contribution in [-0.4, -0.2) is 59.8 Å². The number of nitrogens with zero attached hydrogens (tertiary/aromatic N) is 5. The largest absolute Gasteiger partial charge is 0.393 e. The van der Waals surface area contributed by atoms with E-state index >= 15 is 0 Å². The lowest BCUT2D eigenvalue weighted by molar-refractivity contribution is 0.145. The monoisotopic (exact) mass is 381 g/mol. The average molecular weight is 382 g/mol. The molecule has 6 nitrogen and oxygen atoms in total. The molecule has 1 N–H and O–H groups in total. The first-order valence-corrected chi connectivity index (χ1v) is 10.4. The third-order valence-corrected chi connectivity index (χ3v) is 5.79. The molecule has 2 fully saturated rings. The van der Waals surface area contributed by atoms with Crippen LogP contribution in [0, 0.1) is 0 Å². The van der Waals surface area contributed by atoms with E-state index in [9.17, 15) is 5.11 Å². The highest BCUT2D eigenvalue weighted by molar-refractivity contribution is 5.46. The Bertz CT molecular complexity index is 771. The predicted octanol–water partition coefficient (Wildman–Crippen LogP) is 2.84. The first-order valence-electron chi connectivity index (χ1n) is 10.4. The molecule has 1 unspecified atom stereocenters. The summed E-state index contributed by atoms with van der Waals surface area (Å²) in [6.45, 7) is 3.67. The lowest BCUT2D eigenvalue weighted by Gasteiger charge is -2.31. The van der Waals surface area contributed by atoms with Crippen molar-refractivity contribution in [2.75, 3.05) is 43.5 Å². The van der Waals surface area contributed by atoms with E-state index < -0.39 is 0 Å². The molecule has 0 aliphatic carbocycles. The standard InChI is InChI=1S/C22H31N5O/c1-25(2)16-17-5-7-18(8-6-17)20-4-3-13-27(20)22-23-12-9-21(24-22)26-14-10-19(28)11-15-26/h5-9,12,19-20,28H,3-4,10-11,13-16H2,1-2H3. The molecule has 0 saturated carbocycles. The summed E-state index contributed by atoms with van der Waals surface area (Å²) in [6.07, 6.45) is 5.62. The highest BCUT2D eigenvalue weighted by Crippen LogP contribution is 2.35. The molecule has 6 heteroatoms. The van der Waals surface area contributed by atoms with Crippen molar-refractivity contribution in [3.05, 3.63) is 47.7 Å². The van der Waals surface area contributed by atoms with E-state index in [4.69, 9.17) is 4.98 Å². The molecule has 2 saturated heterocycles. The van der Waals surface area contributed by atoms with Crippen LogP contribution in [0.5, 0.6) is 0 Å². The van der Waals surface area contributed by atoms with Gasteiger partial charge in [-0.2, -0.15) is 4.98 Å². The van der Waals surface area contributed by atoms with E-state index in [0.717, 1.165) is 63.6 Å². The second-order valence-corrected chi connectivity index (χ2v) is 8.26. The summed E-state index contributed by atoms with van der Waals surface area (Å²) in [5, 5.41) is 9.76. The molecule has 150 valence electrons. The van der Waals surface area contributed by atoms with Crippen molar-refractivity contribution in [2.24, 2.45) is 0 Å². The van der Waals surface area contributed by atoms with Crippen LogP contribution in [0.2, 0.25) is 0 Å². The summed E-state index contributed by atoms with van der Waals surface area (Å²) in [7, 11) is 4.19. The van der Waals surface area contributed by atoms with Crippen molar-refractivity contribution in [3.63, 3.8) is 0 Å². The number of hydrogen-bond donors (Lipinski definition) is 1. The molecule has 1 aromatic heterocycles. The van der Waals surface area contributed by atoms with Gasteiger partial charge in [0.05, 0.1) is 12.1 Å². The van der Waals surface area contributed by atoms with Gasteiger partial charge in [0.25, 0.3) is 0 Å². The Balaban J connectivity index is 1.51. The van der Waals surface area contributed by atoms with Crippen LogP contribution in [-0.2, 0) is 6.54 Å². The predicted molar refractivity (Wildman–Crippen MR) is 113 cm³/mol. The van der Waals surface area contributed by atoms with Crippen LogP contribution in [0.25, 0.3) is 0 Å². The zero-order valence-corrected chi connectivity index (χ0v) is 17.0. The fourth-order valence-electron chi connectivity index (χ4n) is 4.31. The molecule has 0 radical (unpaired) electrons. The molecule has 3 heterocycles. The molecular weight excluding hydrogens is 350 g/mol. The molecule has 0 spiro atoms. The third-order valence-electron chi connectivity index (χ3n) is 5.79. The van der Waals surface area contributed by atoms with Crippen LogP contribution < -0.4 is 9.80 Å². The van der Waals surface area contributed by atoms with E-state index in [1.165, 1.54) is 11.1 Å². The maximum atomic E-state index is 9.76. The quantitative estimate of drug-likeness (QED) is 0.860. The van der Waals surface area contributed by atoms with Gasteiger partial charge in [0.2, 0.25) is 5.95 Å². The molecule has 0 amide bonds. The van der Waals surface area contributed by atoms with E-state index in [0.29, 0.717) is 6.04 Å². The molecular formula is C22H31N5O. The summed E-state index contributed by atoms with van der Waals surface area (Å²) in [5.41, 5.74) is 2.68. The Morgan fingerprint density at radius 1 is 1.04 bits per heavy atom. The molecule has 1 atom stereocenters. The molecule has 2 aliphatic heterocycles. The average Bonchev–Trinajstić information content (AvgIpc) is 3.19. The number of benzene rings is 1. The Labute approximate surface area is 167 Å². The smallest absolute Gasteiger partial charge is 0.227 e. The maximum absolute atomic E-state index is 9.76. The number of rotatable bonds is 5. The summed E-state index contributed by atoms with van der Waals surface area (Å²) in [5.74, 6) is 1.80. The maximum Gasteiger partial charge on any atom is 0.227 e. The summed E-state index contributed by atoms with van der Waals surface area (Å²) >= 11 is 0. The van der Waals surface area contributed by atoms with Gasteiger partial charge < -0.3 is 19.8 Å². The Hall–Kier alpha value is -2.18. The van der Waals surface area contributed by atoms with Crippen molar-refractivity contribution in [1.29, 1.82) is 0 Å². The van der Waals surface area contributed by atoms with Gasteiger partial charge in [-0.05, 0) is 57.0 Å². The lowest BCUT2D eigenvalue weighted by atomic mass is 10.0. The Kier molecular flexibility index (Phi) is 5.78. The van der Waals surface area contributed by atoms with Crippen LogP contribution in [0.1, 0.15) is 42.9 Å². The fourth-order valence-corrected chi connectivity index (χ4v) is 4.31. The second-order valence-electron chi connectivity index (χ2n) is 8.26. The fraction of sp³-hybridized carbons (Fsp3) is 0.545. The summed E-state index contributed by atoms with van der Waals surface area (Å²) < 4.78 is 0. The normalized spacial score (nSPS) is 20.9. The van der Waals surface area contributed by atoms with Gasteiger partial charge in [-0.3, -0.25) is 0 Å². The van der Waals surface area contributed by atoms with Gasteiger partial charge in [0.15, 0.2) is 0 Å². The summed E-state index contributed by atoms with van der Waals surface area (Å²) in [4.78, 5) is 16.3. The minimum atomic E-state index is -0.170. The molecule has 4 rings (SSSR count). The van der Waals surface area contributed by atoms with Gasteiger partial charge in [-0.1, -0.05) is 24.3 Å². The van der Waals surface area contributed by atoms with Crippen molar-refractivity contribution in [1.82, 2.24) is 14.9 Å². The zero-order chi connectivity index (χ0) is 19.5. The molecule has 2 aliphatic rings. The van der Waals surface area contributed by atoms with Crippen molar-refractivity contribution in [3.8, 4) is 0 Å². The van der Waals surface area contributed by atoms with Crippen molar-refractivity contribution in [2.45, 2.75) is 44.4 Å². The van der Waals surface area contributed by atoms with Crippen molar-refractivity contribution >= 4 is 11.8 Å². The van der Waals surface area contributed by atoms with E-state index in [2.05, 4.69) is 58.0 Å². The van der Waals surface area contributed by atoms with E-state index in [1.807, 2.05) is 12.3 Å². The van der Waals surface area contributed by atoms with Gasteiger partial charge in [-0.15, -0.1) is 0 Å². The first-order chi connectivity index (χ1) is 13.6. The molecule has 0 bridgehead atoms. The SMILES string of the molecule is CN(C)Cc1ccc(C2CCCN2c2nccc(N3CCC(O)CC3)n2)cc1. The Morgan fingerprint density at radius 3 is 2.50 bits per heavy atom. The minimum Gasteiger partial charge on any atom is -0.393 e. The van der Waals surface area contributed by atoms with Gasteiger partial charge in [-0.25, -0.2) is 4.98 Å². The van der Waals surface area contributed by atoms with Crippen LogP contribution in [0.15, 0.2) is 36.5 Å². The lowest BCUT2D eigenvalue weighted by Crippen LogP contribution is -2.36. The second kappa shape index (κ2) is 8.45. The van der Waals surface area contributed by atoms with E-state index in [-0.39, 0.29) is 6.10 Å². The number of aliphatic hydroxyl groups excluding tert-OH is 1. The number of aromatic nitrogens is 2. The number of piperidine rings is 1. The first kappa shape index (κ1) is 19.2. The number of aliphatic hydroxyl groups is 1. The van der Waals surface area contributed by atoms with Gasteiger partial charge in [0.1, 0.15) is 5.82 Å².